The number of carboxylic acid groups (broad SMARTS) is 1. The Bertz CT molecular complexity index is 726. The van der Waals surface area contributed by atoms with Crippen molar-refractivity contribution in [2.45, 2.75) is 49.9 Å². The van der Waals surface area contributed by atoms with Crippen molar-refractivity contribution in [3.63, 3.8) is 0 Å². The molecule has 0 fully saturated rings. The Morgan fingerprint density at radius 1 is 1.23 bits per heavy atom. The first-order valence-corrected chi connectivity index (χ1v) is 9.50. The highest BCUT2D eigenvalue weighted by atomic mass is 32.2. The summed E-state index contributed by atoms with van der Waals surface area (Å²) in [5.74, 6) is 1.13. The number of methoxy groups -OCH3 is 2. The van der Waals surface area contributed by atoms with Gasteiger partial charge in [0.15, 0.2) is 5.16 Å². The maximum absolute atomic E-state index is 11.5. The molecule has 2 rings (SSSR count). The zero-order chi connectivity index (χ0) is 19.1. The predicted molar refractivity (Wildman–Crippen MR) is 101 cm³/mol. The Labute approximate surface area is 157 Å². The number of rotatable bonds is 10. The molecule has 0 aliphatic heterocycles. The molecule has 0 aliphatic carbocycles. The lowest BCUT2D eigenvalue weighted by Gasteiger charge is -2.18. The Hall–Kier alpha value is -2.22. The highest BCUT2D eigenvalue weighted by molar-refractivity contribution is 8.00. The van der Waals surface area contributed by atoms with Gasteiger partial charge in [-0.05, 0) is 25.0 Å². The Kier molecular flexibility index (Phi) is 7.32. The number of aromatic nitrogens is 3. The molecule has 0 radical (unpaired) electrons. The maximum Gasteiger partial charge on any atom is 0.317 e. The zero-order valence-electron chi connectivity index (χ0n) is 15.6. The lowest BCUT2D eigenvalue weighted by molar-refractivity contribution is -0.136. The van der Waals surface area contributed by atoms with Crippen LogP contribution < -0.4 is 9.47 Å². The lowest BCUT2D eigenvalue weighted by atomic mass is 10.2. The van der Waals surface area contributed by atoms with Crippen molar-refractivity contribution >= 4 is 17.7 Å². The van der Waals surface area contributed by atoms with Crippen LogP contribution in [0.15, 0.2) is 23.4 Å². The van der Waals surface area contributed by atoms with Gasteiger partial charge in [0.25, 0.3) is 0 Å². The molecule has 2 aromatic rings. The van der Waals surface area contributed by atoms with Gasteiger partial charge in [-0.15, -0.1) is 10.2 Å². The molecule has 8 heteroatoms. The van der Waals surface area contributed by atoms with Gasteiger partial charge in [0, 0.05) is 6.42 Å². The van der Waals surface area contributed by atoms with Gasteiger partial charge in [-0.25, -0.2) is 0 Å². The number of carbonyl (C=O) groups is 1. The molecule has 0 amide bonds. The topological polar surface area (TPSA) is 86.5 Å². The second-order valence-corrected chi connectivity index (χ2v) is 6.87. The summed E-state index contributed by atoms with van der Waals surface area (Å²) in [6.07, 6.45) is 3.19. The fourth-order valence-corrected chi connectivity index (χ4v) is 3.50. The molecule has 0 saturated heterocycles. The Morgan fingerprint density at radius 2 is 1.88 bits per heavy atom. The Morgan fingerprint density at radius 3 is 2.38 bits per heavy atom. The number of benzene rings is 1. The first-order valence-electron chi connectivity index (χ1n) is 8.62. The highest BCUT2D eigenvalue weighted by Crippen LogP contribution is 2.37. The molecular weight excluding hydrogens is 354 g/mol. The number of ether oxygens (including phenoxy) is 2. The van der Waals surface area contributed by atoms with Crippen LogP contribution in [0, 0.1) is 0 Å². The van der Waals surface area contributed by atoms with Crippen LogP contribution in [0.2, 0.25) is 0 Å². The van der Waals surface area contributed by atoms with Crippen molar-refractivity contribution in [3.05, 3.63) is 24.0 Å². The van der Waals surface area contributed by atoms with Gasteiger partial charge >= 0.3 is 5.97 Å². The minimum atomic E-state index is -0.867. The predicted octanol–water partition coefficient (Wildman–Crippen LogP) is 3.58. The molecule has 26 heavy (non-hydrogen) atoms. The average molecular weight is 379 g/mol. The summed E-state index contributed by atoms with van der Waals surface area (Å²) in [5, 5.41) is 17.9. The zero-order valence-corrected chi connectivity index (χ0v) is 16.4. The van der Waals surface area contributed by atoms with E-state index in [1.165, 1.54) is 11.8 Å². The number of hydrogen-bond donors (Lipinski definition) is 1. The van der Waals surface area contributed by atoms with E-state index in [4.69, 9.17) is 9.47 Å². The van der Waals surface area contributed by atoms with E-state index in [2.05, 4.69) is 17.1 Å². The smallest absolute Gasteiger partial charge is 0.317 e. The summed E-state index contributed by atoms with van der Waals surface area (Å²) in [6, 6.07) is 5.52. The van der Waals surface area contributed by atoms with Crippen LogP contribution >= 0.6 is 11.8 Å². The van der Waals surface area contributed by atoms with Crippen molar-refractivity contribution in [2.75, 3.05) is 14.2 Å². The molecule has 7 nitrogen and oxygen atoms in total. The summed E-state index contributed by atoms with van der Waals surface area (Å²) in [5.41, 5.74) is 0.691. The molecule has 0 saturated carbocycles. The molecule has 1 unspecified atom stereocenters. The molecular formula is C18H25N3O4S. The summed E-state index contributed by atoms with van der Waals surface area (Å²) in [7, 11) is 3.18. The van der Waals surface area contributed by atoms with E-state index >= 15 is 0 Å². The monoisotopic (exact) mass is 379 g/mol. The van der Waals surface area contributed by atoms with Crippen LogP contribution in [-0.4, -0.2) is 45.3 Å². The maximum atomic E-state index is 11.5. The van der Waals surface area contributed by atoms with Gasteiger partial charge in [-0.1, -0.05) is 38.1 Å². The van der Waals surface area contributed by atoms with E-state index < -0.39 is 11.2 Å². The second-order valence-electron chi connectivity index (χ2n) is 5.70. The summed E-state index contributed by atoms with van der Waals surface area (Å²) < 4.78 is 12.9. The van der Waals surface area contributed by atoms with Gasteiger partial charge in [0.2, 0.25) is 0 Å². The van der Waals surface area contributed by atoms with E-state index in [-0.39, 0.29) is 0 Å². The number of thioether (sulfide) groups is 1. The van der Waals surface area contributed by atoms with Crippen LogP contribution in [0.3, 0.4) is 0 Å². The van der Waals surface area contributed by atoms with Crippen molar-refractivity contribution in [1.82, 2.24) is 14.8 Å². The molecule has 0 aliphatic rings. The van der Waals surface area contributed by atoms with E-state index in [1.54, 1.807) is 14.2 Å². The molecule has 1 N–H and O–H groups in total. The van der Waals surface area contributed by atoms with Crippen LogP contribution in [0.25, 0.3) is 5.69 Å². The van der Waals surface area contributed by atoms with Crippen LogP contribution in [-0.2, 0) is 11.2 Å². The summed E-state index contributed by atoms with van der Waals surface area (Å²) in [4.78, 5) is 11.5. The molecule has 0 spiro atoms. The fraction of sp³-hybridized carbons (Fsp3) is 0.500. The standard InChI is InChI=1S/C18H25N3O4S/c1-5-7-11-15-19-20-18(26-14(6-2)17(22)23)21(15)16-12(24-3)9-8-10-13(16)25-4/h8-10,14H,5-7,11H2,1-4H3,(H,22,23). The second kappa shape index (κ2) is 9.47. The first-order chi connectivity index (χ1) is 12.6. The third-order valence-electron chi connectivity index (χ3n) is 3.97. The van der Waals surface area contributed by atoms with E-state index in [0.717, 1.165) is 25.1 Å². The van der Waals surface area contributed by atoms with Crippen LogP contribution in [0.4, 0.5) is 0 Å². The summed E-state index contributed by atoms with van der Waals surface area (Å²) >= 11 is 1.19. The number of aliphatic carboxylic acids is 1. The minimum absolute atomic E-state index is 0.486. The van der Waals surface area contributed by atoms with Crippen LogP contribution in [0.5, 0.6) is 11.5 Å². The number of carboxylic acids is 1. The molecule has 0 bridgehead atoms. The number of para-hydroxylation sites is 1. The van der Waals surface area contributed by atoms with E-state index in [0.29, 0.717) is 28.8 Å². The lowest BCUT2D eigenvalue weighted by Crippen LogP contribution is -2.16. The van der Waals surface area contributed by atoms with Crippen molar-refractivity contribution in [1.29, 1.82) is 0 Å². The molecule has 1 aromatic carbocycles. The number of unbranched alkanes of at least 4 members (excludes halogenated alkanes) is 1. The number of nitrogens with zero attached hydrogens (tertiary/aromatic N) is 3. The van der Waals surface area contributed by atoms with Gasteiger partial charge in [0.1, 0.15) is 28.3 Å². The average Bonchev–Trinajstić information content (AvgIpc) is 3.05. The molecule has 1 atom stereocenters. The van der Waals surface area contributed by atoms with Gasteiger partial charge in [-0.2, -0.15) is 0 Å². The van der Waals surface area contributed by atoms with Crippen molar-refractivity contribution in [3.8, 4) is 17.2 Å². The van der Waals surface area contributed by atoms with Crippen molar-refractivity contribution < 1.29 is 19.4 Å². The normalized spacial score (nSPS) is 12.0. The fourth-order valence-electron chi connectivity index (χ4n) is 2.59. The third kappa shape index (κ3) is 4.30. The molecule has 1 heterocycles. The molecule has 1 aromatic heterocycles. The Balaban J connectivity index is 2.61. The van der Waals surface area contributed by atoms with E-state index in [9.17, 15) is 9.90 Å². The van der Waals surface area contributed by atoms with Gasteiger partial charge < -0.3 is 14.6 Å². The van der Waals surface area contributed by atoms with E-state index in [1.807, 2.05) is 29.7 Å². The largest absolute Gasteiger partial charge is 0.494 e. The highest BCUT2D eigenvalue weighted by Gasteiger charge is 2.25. The third-order valence-corrected chi connectivity index (χ3v) is 5.27. The minimum Gasteiger partial charge on any atom is -0.494 e. The number of aryl methyl sites for hydroxylation is 1. The number of hydrogen-bond acceptors (Lipinski definition) is 6. The summed E-state index contributed by atoms with van der Waals surface area (Å²) in [6.45, 7) is 3.95. The van der Waals surface area contributed by atoms with Gasteiger partial charge in [0.05, 0.1) is 14.2 Å². The SMILES string of the molecule is CCCCc1nnc(SC(CC)C(=O)O)n1-c1c(OC)cccc1OC. The van der Waals surface area contributed by atoms with Crippen LogP contribution in [0.1, 0.15) is 38.9 Å². The van der Waals surface area contributed by atoms with Gasteiger partial charge in [-0.3, -0.25) is 9.36 Å². The first kappa shape index (κ1) is 20.1. The van der Waals surface area contributed by atoms with Crippen molar-refractivity contribution in [2.24, 2.45) is 0 Å². The quantitative estimate of drug-likeness (QED) is 0.631. The molecule has 142 valence electrons.